The topological polar surface area (TPSA) is 61.6 Å². The van der Waals surface area contributed by atoms with Gasteiger partial charge >= 0.3 is 6.01 Å². The third kappa shape index (κ3) is 5.09. The highest BCUT2D eigenvalue weighted by atomic mass is 35.5. The number of anilines is 1. The number of nitrogens with zero attached hydrogens (tertiary/aromatic N) is 3. The van der Waals surface area contributed by atoms with Crippen molar-refractivity contribution < 1.29 is 9.21 Å². The van der Waals surface area contributed by atoms with Crippen LogP contribution in [0.25, 0.3) is 11.1 Å². The highest BCUT2D eigenvalue weighted by molar-refractivity contribution is 6.31. The van der Waals surface area contributed by atoms with Crippen LogP contribution in [0.5, 0.6) is 0 Å². The van der Waals surface area contributed by atoms with Crippen molar-refractivity contribution >= 4 is 34.6 Å². The smallest absolute Gasteiger partial charge is 0.302 e. The number of fused-ring (bicyclic) bond motifs is 1. The quantitative estimate of drug-likeness (QED) is 0.446. The minimum atomic E-state index is -0.135. The predicted octanol–water partition coefficient (Wildman–Crippen LogP) is 4.83. The number of carbonyl (C=O) groups excluding carboxylic acids is 1. The summed E-state index contributed by atoms with van der Waals surface area (Å²) >= 11 is 5.99. The molecule has 7 heteroatoms. The van der Waals surface area contributed by atoms with Gasteiger partial charge in [-0.3, -0.25) is 19.9 Å². The molecule has 0 saturated carbocycles. The van der Waals surface area contributed by atoms with Gasteiger partial charge in [0.25, 0.3) is 0 Å². The summed E-state index contributed by atoms with van der Waals surface area (Å²) in [5, 5.41) is 3.35. The van der Waals surface area contributed by atoms with E-state index in [0.717, 1.165) is 26.2 Å². The number of hydrogen-bond donors (Lipinski definition) is 1. The van der Waals surface area contributed by atoms with Gasteiger partial charge in [0.1, 0.15) is 5.52 Å². The summed E-state index contributed by atoms with van der Waals surface area (Å²) in [5.74, 6) is -0.135. The molecule has 0 spiro atoms. The Morgan fingerprint density at radius 3 is 2.21 bits per heavy atom. The Bertz CT molecular complexity index is 1180. The zero-order chi connectivity index (χ0) is 22.6. The van der Waals surface area contributed by atoms with Crippen molar-refractivity contribution in [3.63, 3.8) is 0 Å². The molecule has 0 radical (unpaired) electrons. The molecule has 1 aliphatic heterocycles. The molecule has 3 aromatic carbocycles. The maximum absolute atomic E-state index is 12.6. The standard InChI is InChI=1S/C26H25ClN4O2/c27-21-11-12-23-22(17-21)28-26(33-23)29-24(32)18-30-13-15-31(16-14-30)25(19-7-3-1-4-8-19)20-9-5-2-6-10-20/h1-12,17,25H,13-16,18H2,(H,28,29,32). The average Bonchev–Trinajstić information content (AvgIpc) is 3.23. The number of rotatable bonds is 6. The molecule has 0 bridgehead atoms. The first-order chi connectivity index (χ1) is 16.2. The van der Waals surface area contributed by atoms with E-state index in [0.29, 0.717) is 22.7 Å². The van der Waals surface area contributed by atoms with Gasteiger partial charge in [-0.05, 0) is 29.3 Å². The van der Waals surface area contributed by atoms with E-state index < -0.39 is 0 Å². The maximum Gasteiger partial charge on any atom is 0.302 e. The molecule has 1 saturated heterocycles. The second-order valence-corrected chi connectivity index (χ2v) is 8.65. The van der Waals surface area contributed by atoms with Gasteiger partial charge in [0.15, 0.2) is 5.58 Å². The fourth-order valence-corrected chi connectivity index (χ4v) is 4.55. The number of carbonyl (C=O) groups is 1. The Morgan fingerprint density at radius 1 is 0.939 bits per heavy atom. The van der Waals surface area contributed by atoms with Crippen molar-refractivity contribution in [1.82, 2.24) is 14.8 Å². The minimum absolute atomic E-state index is 0.135. The van der Waals surface area contributed by atoms with E-state index in [2.05, 4.69) is 68.6 Å². The number of hydrogen-bond acceptors (Lipinski definition) is 5. The van der Waals surface area contributed by atoms with Crippen molar-refractivity contribution in [2.24, 2.45) is 0 Å². The second-order valence-electron chi connectivity index (χ2n) is 8.22. The van der Waals surface area contributed by atoms with Gasteiger partial charge in [0.2, 0.25) is 5.91 Å². The number of halogens is 1. The summed E-state index contributed by atoms with van der Waals surface area (Å²) in [7, 11) is 0. The summed E-state index contributed by atoms with van der Waals surface area (Å²) in [5.41, 5.74) is 3.78. The first-order valence-electron chi connectivity index (χ1n) is 11.1. The molecule has 0 atom stereocenters. The van der Waals surface area contributed by atoms with Crippen molar-refractivity contribution in [1.29, 1.82) is 0 Å². The highest BCUT2D eigenvalue weighted by Gasteiger charge is 2.27. The van der Waals surface area contributed by atoms with Crippen LogP contribution in [-0.4, -0.2) is 53.4 Å². The molecule has 1 aromatic heterocycles. The molecular weight excluding hydrogens is 436 g/mol. The lowest BCUT2D eigenvalue weighted by atomic mass is 9.96. The Kier molecular flexibility index (Phi) is 6.39. The van der Waals surface area contributed by atoms with Crippen molar-refractivity contribution in [3.8, 4) is 0 Å². The number of amides is 1. The van der Waals surface area contributed by atoms with Crippen LogP contribution in [0.4, 0.5) is 6.01 Å². The molecule has 168 valence electrons. The lowest BCUT2D eigenvalue weighted by Gasteiger charge is -2.39. The van der Waals surface area contributed by atoms with Crippen LogP contribution in [0, 0.1) is 0 Å². The molecule has 0 aliphatic carbocycles. The normalized spacial score (nSPS) is 15.2. The van der Waals surface area contributed by atoms with Gasteiger partial charge in [-0.25, -0.2) is 0 Å². The Hall–Kier alpha value is -3.19. The van der Waals surface area contributed by atoms with E-state index >= 15 is 0 Å². The Labute approximate surface area is 197 Å². The third-order valence-electron chi connectivity index (χ3n) is 5.97. The van der Waals surface area contributed by atoms with Crippen LogP contribution in [0.15, 0.2) is 83.3 Å². The lowest BCUT2D eigenvalue weighted by Crippen LogP contribution is -2.49. The first-order valence-corrected chi connectivity index (χ1v) is 11.5. The van der Waals surface area contributed by atoms with Crippen LogP contribution in [0.2, 0.25) is 5.02 Å². The molecule has 1 fully saturated rings. The number of nitrogens with one attached hydrogen (secondary N) is 1. The van der Waals surface area contributed by atoms with E-state index in [4.69, 9.17) is 16.0 Å². The molecule has 6 nitrogen and oxygen atoms in total. The van der Waals surface area contributed by atoms with Gasteiger partial charge in [-0.2, -0.15) is 4.98 Å². The summed E-state index contributed by atoms with van der Waals surface area (Å²) in [4.78, 5) is 21.5. The second kappa shape index (κ2) is 9.75. The molecule has 33 heavy (non-hydrogen) atoms. The van der Waals surface area contributed by atoms with Gasteiger partial charge in [-0.15, -0.1) is 0 Å². The molecule has 1 amide bonds. The number of oxazole rings is 1. The third-order valence-corrected chi connectivity index (χ3v) is 6.20. The van der Waals surface area contributed by atoms with Crippen molar-refractivity contribution in [3.05, 3.63) is 95.0 Å². The molecule has 2 heterocycles. The van der Waals surface area contributed by atoms with Crippen LogP contribution in [-0.2, 0) is 4.79 Å². The van der Waals surface area contributed by atoms with Gasteiger partial charge in [-0.1, -0.05) is 72.3 Å². The zero-order valence-corrected chi connectivity index (χ0v) is 18.9. The van der Waals surface area contributed by atoms with Crippen LogP contribution >= 0.6 is 11.6 Å². The van der Waals surface area contributed by atoms with Crippen molar-refractivity contribution in [2.75, 3.05) is 38.0 Å². The van der Waals surface area contributed by atoms with E-state index in [-0.39, 0.29) is 18.0 Å². The van der Waals surface area contributed by atoms with Crippen LogP contribution in [0.3, 0.4) is 0 Å². The fraction of sp³-hybridized carbons (Fsp3) is 0.231. The average molecular weight is 461 g/mol. The lowest BCUT2D eigenvalue weighted by molar-refractivity contribution is -0.117. The zero-order valence-electron chi connectivity index (χ0n) is 18.2. The number of aromatic nitrogens is 1. The molecule has 0 unspecified atom stereocenters. The summed E-state index contributed by atoms with van der Waals surface area (Å²) in [6.07, 6.45) is 0. The number of benzene rings is 3. The van der Waals surface area contributed by atoms with Gasteiger partial charge < -0.3 is 4.42 Å². The van der Waals surface area contributed by atoms with E-state index in [9.17, 15) is 4.79 Å². The SMILES string of the molecule is O=C(CN1CCN(C(c2ccccc2)c2ccccc2)CC1)Nc1nc2cc(Cl)ccc2o1. The van der Waals surface area contributed by atoms with Crippen LogP contribution < -0.4 is 5.32 Å². The summed E-state index contributed by atoms with van der Waals surface area (Å²) in [6.45, 7) is 3.68. The highest BCUT2D eigenvalue weighted by Crippen LogP contribution is 2.29. The molecule has 1 N–H and O–H groups in total. The van der Waals surface area contributed by atoms with Gasteiger partial charge in [0, 0.05) is 31.2 Å². The largest absolute Gasteiger partial charge is 0.423 e. The maximum atomic E-state index is 12.6. The monoisotopic (exact) mass is 460 g/mol. The first kappa shape index (κ1) is 21.6. The van der Waals surface area contributed by atoms with E-state index in [1.54, 1.807) is 18.2 Å². The summed E-state index contributed by atoms with van der Waals surface area (Å²) < 4.78 is 5.60. The molecule has 1 aliphatic rings. The van der Waals surface area contributed by atoms with Crippen LogP contribution in [0.1, 0.15) is 17.2 Å². The van der Waals surface area contributed by atoms with Gasteiger partial charge in [0.05, 0.1) is 12.6 Å². The molecule has 4 aromatic rings. The Morgan fingerprint density at radius 2 is 1.58 bits per heavy atom. The fourth-order valence-electron chi connectivity index (χ4n) is 4.38. The Balaban J connectivity index is 1.21. The predicted molar refractivity (Wildman–Crippen MR) is 130 cm³/mol. The number of piperazine rings is 1. The molecule has 5 rings (SSSR count). The summed E-state index contributed by atoms with van der Waals surface area (Å²) in [6, 6.07) is 26.8. The van der Waals surface area contributed by atoms with E-state index in [1.165, 1.54) is 11.1 Å². The van der Waals surface area contributed by atoms with Crippen molar-refractivity contribution in [2.45, 2.75) is 6.04 Å². The minimum Gasteiger partial charge on any atom is -0.423 e. The van der Waals surface area contributed by atoms with E-state index in [1.807, 2.05) is 12.1 Å². The molecular formula is C26H25ClN4O2.